The quantitative estimate of drug-likeness (QED) is 0.789. The highest BCUT2D eigenvalue weighted by Gasteiger charge is 2.31. The van der Waals surface area contributed by atoms with Crippen molar-refractivity contribution >= 4 is 23.1 Å². The number of benzene rings is 1. The van der Waals surface area contributed by atoms with Crippen LogP contribution in [0.4, 0.5) is 24.5 Å². The van der Waals surface area contributed by atoms with Gasteiger partial charge in [-0.25, -0.2) is 0 Å². The molecule has 0 radical (unpaired) electrons. The lowest BCUT2D eigenvalue weighted by atomic mass is 10.1. The third kappa shape index (κ3) is 2.80. The fourth-order valence-corrected chi connectivity index (χ4v) is 2.73. The van der Waals surface area contributed by atoms with Crippen molar-refractivity contribution in [3.05, 3.63) is 23.8 Å². The second-order valence-corrected chi connectivity index (χ2v) is 5.10. The number of alkyl halides is 3. The van der Waals surface area contributed by atoms with Gasteiger partial charge < -0.3 is 10.6 Å². The first-order valence-electron chi connectivity index (χ1n) is 5.28. The monoisotopic (exact) mass is 262 g/mol. The fourth-order valence-electron chi connectivity index (χ4n) is 1.82. The van der Waals surface area contributed by atoms with Crippen LogP contribution in [0, 0.1) is 0 Å². The molecule has 17 heavy (non-hydrogen) atoms. The zero-order chi connectivity index (χ0) is 12.5. The summed E-state index contributed by atoms with van der Waals surface area (Å²) in [6.45, 7) is 1.67. The maximum absolute atomic E-state index is 12.5. The maximum atomic E-state index is 12.5. The lowest BCUT2D eigenvalue weighted by molar-refractivity contribution is -0.137. The van der Waals surface area contributed by atoms with Gasteiger partial charge in [0.05, 0.1) is 16.9 Å². The summed E-state index contributed by atoms with van der Waals surface area (Å²) in [7, 11) is 0. The largest absolute Gasteiger partial charge is 0.416 e. The number of hydrogen-bond donors (Lipinski definition) is 1. The molecule has 0 unspecified atom stereocenters. The van der Waals surface area contributed by atoms with E-state index in [2.05, 4.69) is 0 Å². The average molecular weight is 262 g/mol. The van der Waals surface area contributed by atoms with E-state index >= 15 is 0 Å². The number of rotatable bonds is 1. The van der Waals surface area contributed by atoms with Gasteiger partial charge in [0, 0.05) is 24.6 Å². The summed E-state index contributed by atoms with van der Waals surface area (Å²) >= 11 is 1.84. The molecule has 1 saturated heterocycles. The summed E-state index contributed by atoms with van der Waals surface area (Å²) in [6, 6.07) is 3.57. The Labute approximate surface area is 102 Å². The van der Waals surface area contributed by atoms with Gasteiger partial charge in [-0.1, -0.05) is 0 Å². The van der Waals surface area contributed by atoms with Crippen LogP contribution >= 0.6 is 11.8 Å². The SMILES string of the molecule is Nc1cc(C(F)(F)F)ccc1N1CCSCC1. The van der Waals surface area contributed by atoms with Gasteiger partial charge in [0.15, 0.2) is 0 Å². The maximum Gasteiger partial charge on any atom is 0.416 e. The van der Waals surface area contributed by atoms with E-state index in [0.29, 0.717) is 5.69 Å². The first-order chi connectivity index (χ1) is 7.98. The number of thioether (sulfide) groups is 1. The summed E-state index contributed by atoms with van der Waals surface area (Å²) < 4.78 is 37.4. The van der Waals surface area contributed by atoms with Crippen molar-refractivity contribution < 1.29 is 13.2 Å². The number of halogens is 3. The molecule has 0 bridgehead atoms. The molecule has 1 aromatic carbocycles. The fraction of sp³-hybridized carbons (Fsp3) is 0.455. The first-order valence-corrected chi connectivity index (χ1v) is 6.43. The third-order valence-electron chi connectivity index (χ3n) is 2.71. The molecule has 6 heteroatoms. The molecule has 0 atom stereocenters. The van der Waals surface area contributed by atoms with E-state index in [0.717, 1.165) is 36.7 Å². The van der Waals surface area contributed by atoms with Crippen molar-refractivity contribution in [1.82, 2.24) is 0 Å². The molecule has 1 aromatic rings. The van der Waals surface area contributed by atoms with E-state index in [1.807, 2.05) is 16.7 Å². The van der Waals surface area contributed by atoms with Crippen LogP contribution in [0.15, 0.2) is 18.2 Å². The smallest absolute Gasteiger partial charge is 0.397 e. The highest BCUT2D eigenvalue weighted by atomic mass is 32.2. The highest BCUT2D eigenvalue weighted by Crippen LogP contribution is 2.34. The van der Waals surface area contributed by atoms with Crippen molar-refractivity contribution in [1.29, 1.82) is 0 Å². The number of nitrogens with two attached hydrogens (primary N) is 1. The second-order valence-electron chi connectivity index (χ2n) is 3.87. The van der Waals surface area contributed by atoms with Crippen LogP contribution < -0.4 is 10.6 Å². The standard InChI is InChI=1S/C11H13F3N2S/c12-11(13,14)8-1-2-10(9(15)7-8)16-3-5-17-6-4-16/h1-2,7H,3-6,15H2. The Morgan fingerprint density at radius 3 is 2.35 bits per heavy atom. The highest BCUT2D eigenvalue weighted by molar-refractivity contribution is 7.99. The van der Waals surface area contributed by atoms with Gasteiger partial charge in [-0.3, -0.25) is 0 Å². The molecular formula is C11H13F3N2S. The molecular weight excluding hydrogens is 249 g/mol. The van der Waals surface area contributed by atoms with Gasteiger partial charge in [0.25, 0.3) is 0 Å². The van der Waals surface area contributed by atoms with Crippen LogP contribution in [0.2, 0.25) is 0 Å². The number of nitrogen functional groups attached to an aromatic ring is 1. The lowest BCUT2D eigenvalue weighted by Gasteiger charge is -2.29. The summed E-state index contributed by atoms with van der Waals surface area (Å²) in [5.74, 6) is 1.97. The Hall–Kier alpha value is -1.04. The van der Waals surface area contributed by atoms with Crippen LogP contribution in [0.3, 0.4) is 0 Å². The Morgan fingerprint density at radius 1 is 1.18 bits per heavy atom. The number of hydrogen-bond acceptors (Lipinski definition) is 3. The minimum atomic E-state index is -4.33. The minimum absolute atomic E-state index is 0.201. The third-order valence-corrected chi connectivity index (χ3v) is 3.65. The summed E-state index contributed by atoms with van der Waals surface area (Å²) in [6.07, 6.45) is -4.33. The van der Waals surface area contributed by atoms with E-state index in [9.17, 15) is 13.2 Å². The van der Waals surface area contributed by atoms with Gasteiger partial charge in [-0.2, -0.15) is 24.9 Å². The molecule has 94 valence electrons. The molecule has 1 fully saturated rings. The van der Waals surface area contributed by atoms with Gasteiger partial charge in [-0.15, -0.1) is 0 Å². The minimum Gasteiger partial charge on any atom is -0.397 e. The van der Waals surface area contributed by atoms with Gasteiger partial charge in [0.2, 0.25) is 0 Å². The predicted molar refractivity (Wildman–Crippen MR) is 65.4 cm³/mol. The van der Waals surface area contributed by atoms with Crippen LogP contribution in [0.25, 0.3) is 0 Å². The first kappa shape index (κ1) is 12.4. The topological polar surface area (TPSA) is 29.3 Å². The Kier molecular flexibility index (Phi) is 3.42. The van der Waals surface area contributed by atoms with Crippen molar-refractivity contribution in [3.63, 3.8) is 0 Å². The van der Waals surface area contributed by atoms with Gasteiger partial charge in [0.1, 0.15) is 0 Å². The van der Waals surface area contributed by atoms with Crippen molar-refractivity contribution in [2.24, 2.45) is 0 Å². The van der Waals surface area contributed by atoms with Crippen molar-refractivity contribution in [2.45, 2.75) is 6.18 Å². The van der Waals surface area contributed by atoms with E-state index in [1.54, 1.807) is 0 Å². The van der Waals surface area contributed by atoms with Gasteiger partial charge >= 0.3 is 6.18 Å². The van der Waals surface area contributed by atoms with E-state index in [4.69, 9.17) is 5.73 Å². The normalized spacial score (nSPS) is 17.2. The molecule has 1 aliphatic rings. The van der Waals surface area contributed by atoms with Crippen LogP contribution in [0.1, 0.15) is 5.56 Å². The molecule has 0 aliphatic carbocycles. The lowest BCUT2D eigenvalue weighted by Crippen LogP contribution is -2.33. The average Bonchev–Trinajstić information content (AvgIpc) is 2.29. The van der Waals surface area contributed by atoms with E-state index in [1.165, 1.54) is 6.07 Å². The van der Waals surface area contributed by atoms with E-state index < -0.39 is 11.7 Å². The van der Waals surface area contributed by atoms with Crippen molar-refractivity contribution in [3.8, 4) is 0 Å². The molecule has 0 spiro atoms. The Morgan fingerprint density at radius 2 is 1.82 bits per heavy atom. The van der Waals surface area contributed by atoms with Crippen LogP contribution in [-0.2, 0) is 6.18 Å². The molecule has 1 aliphatic heterocycles. The molecule has 2 nitrogen and oxygen atoms in total. The zero-order valence-corrected chi connectivity index (χ0v) is 9.94. The summed E-state index contributed by atoms with van der Waals surface area (Å²) in [5, 5.41) is 0. The molecule has 0 amide bonds. The number of anilines is 2. The molecule has 1 heterocycles. The van der Waals surface area contributed by atoms with Crippen LogP contribution in [0.5, 0.6) is 0 Å². The Balaban J connectivity index is 2.25. The second kappa shape index (κ2) is 4.68. The Bertz CT molecular complexity index is 400. The predicted octanol–water partition coefficient (Wildman–Crippen LogP) is 2.84. The molecule has 2 rings (SSSR count). The molecule has 0 aromatic heterocycles. The summed E-state index contributed by atoms with van der Waals surface area (Å²) in [5.41, 5.74) is 5.92. The molecule has 2 N–H and O–H groups in total. The van der Waals surface area contributed by atoms with Crippen LogP contribution in [-0.4, -0.2) is 24.6 Å². The van der Waals surface area contributed by atoms with Crippen molar-refractivity contribution in [2.75, 3.05) is 35.2 Å². The van der Waals surface area contributed by atoms with Gasteiger partial charge in [-0.05, 0) is 18.2 Å². The molecule has 0 saturated carbocycles. The van der Waals surface area contributed by atoms with E-state index in [-0.39, 0.29) is 5.69 Å². The zero-order valence-electron chi connectivity index (χ0n) is 9.13. The summed E-state index contributed by atoms with van der Waals surface area (Å²) in [4.78, 5) is 2.03. The number of nitrogens with zero attached hydrogens (tertiary/aromatic N) is 1.